The molecule has 1 amide bonds. The number of para-hydroxylation sites is 1. The Morgan fingerprint density at radius 3 is 2.14 bits per heavy atom. The van der Waals surface area contributed by atoms with Crippen LogP contribution in [-0.2, 0) is 11.3 Å². The molecule has 2 aromatic carbocycles. The van der Waals surface area contributed by atoms with Crippen molar-refractivity contribution in [3.63, 3.8) is 0 Å². The molecule has 0 bridgehead atoms. The average Bonchev–Trinajstić information content (AvgIpc) is 2.57. The Kier molecular flexibility index (Phi) is 6.01. The van der Waals surface area contributed by atoms with E-state index in [1.54, 1.807) is 4.90 Å². The summed E-state index contributed by atoms with van der Waals surface area (Å²) in [4.78, 5) is 16.3. The minimum atomic E-state index is 0.179. The van der Waals surface area contributed by atoms with E-state index in [9.17, 15) is 4.79 Å². The number of carbonyl (C=O) groups is 1. The van der Waals surface area contributed by atoms with E-state index in [0.717, 1.165) is 18.7 Å². The number of nitrogens with zero attached hydrogens (tertiary/aromatic N) is 2. The first-order valence-corrected chi connectivity index (χ1v) is 7.78. The van der Waals surface area contributed by atoms with Crippen molar-refractivity contribution >= 4 is 11.6 Å². The summed E-state index contributed by atoms with van der Waals surface area (Å²) >= 11 is 0. The largest absolute Gasteiger partial charge is 0.371 e. The predicted octanol–water partition coefficient (Wildman–Crippen LogP) is 3.56. The summed E-state index contributed by atoms with van der Waals surface area (Å²) in [6.45, 7) is 4.43. The maximum absolute atomic E-state index is 12.3. The summed E-state index contributed by atoms with van der Waals surface area (Å²) in [5, 5.41) is 0. The van der Waals surface area contributed by atoms with Crippen molar-refractivity contribution in [1.29, 1.82) is 0 Å². The third kappa shape index (κ3) is 4.62. The number of anilines is 1. The first kappa shape index (κ1) is 16.1. The van der Waals surface area contributed by atoms with Gasteiger partial charge in [-0.2, -0.15) is 0 Å². The second-order valence-corrected chi connectivity index (χ2v) is 5.40. The lowest BCUT2D eigenvalue weighted by atomic mass is 10.2. The molecular weight excluding hydrogens is 272 g/mol. The van der Waals surface area contributed by atoms with Gasteiger partial charge in [-0.1, -0.05) is 48.5 Å². The molecule has 0 heterocycles. The van der Waals surface area contributed by atoms with Gasteiger partial charge in [-0.3, -0.25) is 4.79 Å². The van der Waals surface area contributed by atoms with Crippen LogP contribution in [0, 0.1) is 0 Å². The molecule has 0 aliphatic rings. The minimum absolute atomic E-state index is 0.179. The van der Waals surface area contributed by atoms with E-state index in [0.29, 0.717) is 13.0 Å². The van der Waals surface area contributed by atoms with Crippen molar-refractivity contribution in [2.24, 2.45) is 0 Å². The molecule has 0 N–H and O–H groups in total. The Balaban J connectivity index is 1.86. The monoisotopic (exact) mass is 296 g/mol. The first-order valence-electron chi connectivity index (χ1n) is 7.78. The van der Waals surface area contributed by atoms with Crippen LogP contribution in [0.5, 0.6) is 0 Å². The molecule has 0 saturated carbocycles. The molecule has 116 valence electrons. The Bertz CT molecular complexity index is 569. The van der Waals surface area contributed by atoms with Gasteiger partial charge in [0, 0.05) is 38.8 Å². The Labute approximate surface area is 133 Å². The molecule has 0 aliphatic carbocycles. The lowest BCUT2D eigenvalue weighted by molar-refractivity contribution is -0.130. The van der Waals surface area contributed by atoms with Crippen molar-refractivity contribution in [3.05, 3.63) is 66.2 Å². The van der Waals surface area contributed by atoms with Crippen molar-refractivity contribution in [2.45, 2.75) is 19.9 Å². The van der Waals surface area contributed by atoms with E-state index in [1.807, 2.05) is 55.6 Å². The van der Waals surface area contributed by atoms with Gasteiger partial charge in [-0.25, -0.2) is 0 Å². The molecular formula is C19H24N2O. The van der Waals surface area contributed by atoms with E-state index in [2.05, 4.69) is 24.0 Å². The van der Waals surface area contributed by atoms with Crippen LogP contribution in [0.25, 0.3) is 0 Å². The van der Waals surface area contributed by atoms with Crippen molar-refractivity contribution in [3.8, 4) is 0 Å². The van der Waals surface area contributed by atoms with Gasteiger partial charge in [0.2, 0.25) is 5.91 Å². The number of benzene rings is 2. The highest BCUT2D eigenvalue weighted by atomic mass is 16.2. The maximum Gasteiger partial charge on any atom is 0.224 e. The standard InChI is InChI=1S/C19H24N2O/c1-3-21(18-12-8-5-9-13-18)15-14-19(22)20(2)16-17-10-6-4-7-11-17/h4-13H,3,14-16H2,1-2H3. The molecule has 2 aromatic rings. The van der Waals surface area contributed by atoms with Gasteiger partial charge in [0.1, 0.15) is 0 Å². The van der Waals surface area contributed by atoms with Crippen LogP contribution in [-0.4, -0.2) is 30.9 Å². The molecule has 0 spiro atoms. The molecule has 0 radical (unpaired) electrons. The molecule has 2 rings (SSSR count). The number of hydrogen-bond donors (Lipinski definition) is 0. The molecule has 0 aromatic heterocycles. The normalized spacial score (nSPS) is 10.3. The molecule has 3 heteroatoms. The fraction of sp³-hybridized carbons (Fsp3) is 0.316. The van der Waals surface area contributed by atoms with Crippen LogP contribution >= 0.6 is 0 Å². The van der Waals surface area contributed by atoms with Crippen molar-refractivity contribution in [2.75, 3.05) is 25.0 Å². The van der Waals surface area contributed by atoms with E-state index in [1.165, 1.54) is 5.69 Å². The summed E-state index contributed by atoms with van der Waals surface area (Å²) in [7, 11) is 1.87. The zero-order chi connectivity index (χ0) is 15.8. The number of amides is 1. The van der Waals surface area contributed by atoms with E-state index >= 15 is 0 Å². The average molecular weight is 296 g/mol. The zero-order valence-electron chi connectivity index (χ0n) is 13.4. The summed E-state index contributed by atoms with van der Waals surface area (Å²) in [6.07, 6.45) is 0.534. The van der Waals surface area contributed by atoms with Gasteiger partial charge in [0.05, 0.1) is 0 Å². The second kappa shape index (κ2) is 8.23. The van der Waals surface area contributed by atoms with Crippen LogP contribution in [0.15, 0.2) is 60.7 Å². The quantitative estimate of drug-likeness (QED) is 0.780. The van der Waals surface area contributed by atoms with Crippen molar-refractivity contribution in [1.82, 2.24) is 4.90 Å². The van der Waals surface area contributed by atoms with E-state index in [4.69, 9.17) is 0 Å². The highest BCUT2D eigenvalue weighted by molar-refractivity contribution is 5.76. The smallest absolute Gasteiger partial charge is 0.224 e. The number of rotatable bonds is 7. The number of hydrogen-bond acceptors (Lipinski definition) is 2. The lowest BCUT2D eigenvalue weighted by Gasteiger charge is -2.24. The van der Waals surface area contributed by atoms with Crippen LogP contribution in [0.2, 0.25) is 0 Å². The third-order valence-electron chi connectivity index (χ3n) is 3.79. The summed E-state index contributed by atoms with van der Waals surface area (Å²) in [6, 6.07) is 20.3. The molecule has 3 nitrogen and oxygen atoms in total. The predicted molar refractivity (Wildman–Crippen MR) is 91.9 cm³/mol. The van der Waals surface area contributed by atoms with Gasteiger partial charge < -0.3 is 9.80 Å². The molecule has 22 heavy (non-hydrogen) atoms. The van der Waals surface area contributed by atoms with Crippen LogP contribution in [0.1, 0.15) is 18.9 Å². The zero-order valence-corrected chi connectivity index (χ0v) is 13.4. The number of carbonyl (C=O) groups excluding carboxylic acids is 1. The highest BCUT2D eigenvalue weighted by Gasteiger charge is 2.11. The SMILES string of the molecule is CCN(CCC(=O)N(C)Cc1ccccc1)c1ccccc1. The third-order valence-corrected chi connectivity index (χ3v) is 3.79. The Morgan fingerprint density at radius 2 is 1.55 bits per heavy atom. The Morgan fingerprint density at radius 1 is 0.955 bits per heavy atom. The Hall–Kier alpha value is -2.29. The van der Waals surface area contributed by atoms with Crippen LogP contribution in [0.3, 0.4) is 0 Å². The topological polar surface area (TPSA) is 23.6 Å². The maximum atomic E-state index is 12.3. The summed E-state index contributed by atoms with van der Waals surface area (Å²) in [5.41, 5.74) is 2.33. The fourth-order valence-electron chi connectivity index (χ4n) is 2.48. The summed E-state index contributed by atoms with van der Waals surface area (Å²) in [5.74, 6) is 0.179. The van der Waals surface area contributed by atoms with Crippen LogP contribution < -0.4 is 4.90 Å². The lowest BCUT2D eigenvalue weighted by Crippen LogP contribution is -2.32. The van der Waals surface area contributed by atoms with Gasteiger partial charge in [-0.05, 0) is 24.6 Å². The fourth-order valence-corrected chi connectivity index (χ4v) is 2.48. The highest BCUT2D eigenvalue weighted by Crippen LogP contribution is 2.13. The molecule has 0 aliphatic heterocycles. The van der Waals surface area contributed by atoms with E-state index < -0.39 is 0 Å². The minimum Gasteiger partial charge on any atom is -0.371 e. The van der Waals surface area contributed by atoms with Gasteiger partial charge in [0.25, 0.3) is 0 Å². The first-order chi connectivity index (χ1) is 10.7. The second-order valence-electron chi connectivity index (χ2n) is 5.40. The van der Waals surface area contributed by atoms with Gasteiger partial charge >= 0.3 is 0 Å². The molecule has 0 atom stereocenters. The van der Waals surface area contributed by atoms with Gasteiger partial charge in [0.15, 0.2) is 0 Å². The van der Waals surface area contributed by atoms with Crippen LogP contribution in [0.4, 0.5) is 5.69 Å². The molecule has 0 fully saturated rings. The molecule has 0 unspecified atom stereocenters. The molecule has 0 saturated heterocycles. The van der Waals surface area contributed by atoms with Gasteiger partial charge in [-0.15, -0.1) is 0 Å². The summed E-state index contributed by atoms with van der Waals surface area (Å²) < 4.78 is 0. The van der Waals surface area contributed by atoms with Crippen molar-refractivity contribution < 1.29 is 4.79 Å². The van der Waals surface area contributed by atoms with E-state index in [-0.39, 0.29) is 5.91 Å².